The Kier molecular flexibility index (Phi) is 3.80. The van der Waals surface area contributed by atoms with Crippen molar-refractivity contribution in [3.05, 3.63) is 12.2 Å². The van der Waals surface area contributed by atoms with Gasteiger partial charge in [0.25, 0.3) is 0 Å². The molecule has 116 valence electrons. The molecule has 0 aromatic rings. The van der Waals surface area contributed by atoms with Crippen molar-refractivity contribution in [3.63, 3.8) is 0 Å². The van der Waals surface area contributed by atoms with Gasteiger partial charge in [0.1, 0.15) is 12.2 Å². The summed E-state index contributed by atoms with van der Waals surface area (Å²) in [4.78, 5) is 22.8. The number of ether oxygens (including phenoxy) is 2. The SMILES string of the molecule is C=C(C)C(=O)OC1CCC2C(C1)C1CC(OC(C)=O)C2C1. The van der Waals surface area contributed by atoms with Gasteiger partial charge >= 0.3 is 11.9 Å². The van der Waals surface area contributed by atoms with E-state index in [1.807, 2.05) is 0 Å². The van der Waals surface area contributed by atoms with E-state index in [2.05, 4.69) is 6.58 Å². The molecule has 0 aromatic carbocycles. The molecule has 0 heterocycles. The molecule has 2 bridgehead atoms. The minimum absolute atomic E-state index is 0.0435. The van der Waals surface area contributed by atoms with Crippen LogP contribution in [0.1, 0.15) is 46.0 Å². The zero-order chi connectivity index (χ0) is 15.1. The maximum absolute atomic E-state index is 11.7. The van der Waals surface area contributed by atoms with E-state index in [0.29, 0.717) is 29.2 Å². The van der Waals surface area contributed by atoms with Gasteiger partial charge in [0, 0.05) is 12.5 Å². The molecule has 6 unspecified atom stereocenters. The van der Waals surface area contributed by atoms with Crippen LogP contribution in [0, 0.1) is 23.7 Å². The average Bonchev–Trinajstić information content (AvgIpc) is 2.96. The smallest absolute Gasteiger partial charge is 0.333 e. The van der Waals surface area contributed by atoms with Gasteiger partial charge in [0.05, 0.1) is 0 Å². The van der Waals surface area contributed by atoms with Crippen molar-refractivity contribution in [2.24, 2.45) is 23.7 Å². The average molecular weight is 292 g/mol. The van der Waals surface area contributed by atoms with Crippen LogP contribution in [-0.4, -0.2) is 24.1 Å². The van der Waals surface area contributed by atoms with Crippen LogP contribution in [0.4, 0.5) is 0 Å². The van der Waals surface area contributed by atoms with Gasteiger partial charge in [-0.2, -0.15) is 0 Å². The van der Waals surface area contributed by atoms with E-state index < -0.39 is 0 Å². The highest BCUT2D eigenvalue weighted by molar-refractivity contribution is 5.87. The Labute approximate surface area is 125 Å². The first-order valence-electron chi connectivity index (χ1n) is 7.99. The summed E-state index contributed by atoms with van der Waals surface area (Å²) < 4.78 is 11.0. The summed E-state index contributed by atoms with van der Waals surface area (Å²) in [6.07, 6.45) is 5.32. The second-order valence-electron chi connectivity index (χ2n) is 6.99. The van der Waals surface area contributed by atoms with Gasteiger partial charge in [-0.3, -0.25) is 4.79 Å². The summed E-state index contributed by atoms with van der Waals surface area (Å²) in [5.41, 5.74) is 0.472. The second-order valence-corrected chi connectivity index (χ2v) is 6.99. The van der Waals surface area contributed by atoms with E-state index >= 15 is 0 Å². The lowest BCUT2D eigenvalue weighted by Gasteiger charge is -2.41. The third kappa shape index (κ3) is 2.72. The molecule has 0 N–H and O–H groups in total. The van der Waals surface area contributed by atoms with Crippen LogP contribution in [0.15, 0.2) is 12.2 Å². The summed E-state index contributed by atoms with van der Waals surface area (Å²) in [5.74, 6) is 2.02. The lowest BCUT2D eigenvalue weighted by Crippen LogP contribution is -2.39. The number of hydrogen-bond donors (Lipinski definition) is 0. The first-order valence-corrected chi connectivity index (χ1v) is 7.99. The minimum atomic E-state index is -0.264. The molecule has 3 rings (SSSR count). The maximum atomic E-state index is 11.7. The third-order valence-corrected chi connectivity index (χ3v) is 5.59. The molecule has 3 aliphatic carbocycles. The minimum Gasteiger partial charge on any atom is -0.462 e. The number of carbonyl (C=O) groups excluding carboxylic acids is 2. The van der Waals surface area contributed by atoms with Gasteiger partial charge in [-0.15, -0.1) is 0 Å². The van der Waals surface area contributed by atoms with Crippen LogP contribution in [0.5, 0.6) is 0 Å². The highest BCUT2D eigenvalue weighted by atomic mass is 16.5. The van der Waals surface area contributed by atoms with E-state index in [-0.39, 0.29) is 24.1 Å². The van der Waals surface area contributed by atoms with E-state index in [9.17, 15) is 9.59 Å². The summed E-state index contributed by atoms with van der Waals surface area (Å²) >= 11 is 0. The lowest BCUT2D eigenvalue weighted by atomic mass is 9.69. The normalized spacial score (nSPS) is 40.5. The highest BCUT2D eigenvalue weighted by Gasteiger charge is 2.55. The van der Waals surface area contributed by atoms with Gasteiger partial charge < -0.3 is 9.47 Å². The van der Waals surface area contributed by atoms with E-state index in [1.165, 1.54) is 13.3 Å². The molecular weight excluding hydrogens is 268 g/mol. The molecule has 4 heteroatoms. The van der Waals surface area contributed by atoms with Gasteiger partial charge in [0.2, 0.25) is 0 Å². The predicted molar refractivity (Wildman–Crippen MR) is 77.3 cm³/mol. The van der Waals surface area contributed by atoms with Crippen molar-refractivity contribution in [1.82, 2.24) is 0 Å². The van der Waals surface area contributed by atoms with Crippen molar-refractivity contribution in [1.29, 1.82) is 0 Å². The van der Waals surface area contributed by atoms with Gasteiger partial charge in [-0.05, 0) is 62.7 Å². The zero-order valence-electron chi connectivity index (χ0n) is 12.8. The zero-order valence-corrected chi connectivity index (χ0v) is 12.8. The summed E-state index contributed by atoms with van der Waals surface area (Å²) in [6.45, 7) is 6.83. The number of rotatable bonds is 3. The summed E-state index contributed by atoms with van der Waals surface area (Å²) in [5, 5.41) is 0. The fraction of sp³-hybridized carbons (Fsp3) is 0.765. The second kappa shape index (κ2) is 5.47. The largest absolute Gasteiger partial charge is 0.462 e. The quantitative estimate of drug-likeness (QED) is 0.593. The Bertz CT molecular complexity index is 469. The first kappa shape index (κ1) is 14.6. The number of fused-ring (bicyclic) bond motifs is 5. The predicted octanol–water partition coefficient (Wildman–Crippen LogP) is 2.86. The van der Waals surface area contributed by atoms with Crippen LogP contribution in [0.2, 0.25) is 0 Å². The molecule has 0 aliphatic heterocycles. The van der Waals surface area contributed by atoms with Crippen molar-refractivity contribution in [3.8, 4) is 0 Å². The number of hydrogen-bond acceptors (Lipinski definition) is 4. The van der Waals surface area contributed by atoms with Crippen LogP contribution < -0.4 is 0 Å². The standard InChI is InChI=1S/C17H24O4/c1-9(2)17(19)21-12-4-5-13-14(8-12)11-6-15(13)16(7-11)20-10(3)18/h11-16H,1,4-8H2,2-3H3. The molecular formula is C17H24O4. The molecule has 3 saturated carbocycles. The van der Waals surface area contributed by atoms with Crippen molar-refractivity contribution in [2.75, 3.05) is 0 Å². The summed E-state index contributed by atoms with van der Waals surface area (Å²) in [7, 11) is 0. The molecule has 0 aromatic heterocycles. The van der Waals surface area contributed by atoms with Gasteiger partial charge in [0.15, 0.2) is 0 Å². The first-order chi connectivity index (χ1) is 9.95. The third-order valence-electron chi connectivity index (χ3n) is 5.59. The van der Waals surface area contributed by atoms with Crippen molar-refractivity contribution >= 4 is 11.9 Å². The van der Waals surface area contributed by atoms with E-state index in [1.54, 1.807) is 6.92 Å². The van der Waals surface area contributed by atoms with Gasteiger partial charge in [-0.1, -0.05) is 6.58 Å². The van der Waals surface area contributed by atoms with Crippen LogP contribution in [-0.2, 0) is 19.1 Å². The highest BCUT2D eigenvalue weighted by Crippen LogP contribution is 2.58. The van der Waals surface area contributed by atoms with Crippen LogP contribution >= 0.6 is 0 Å². The molecule has 0 amide bonds. The van der Waals surface area contributed by atoms with Crippen LogP contribution in [0.3, 0.4) is 0 Å². The van der Waals surface area contributed by atoms with Crippen LogP contribution in [0.25, 0.3) is 0 Å². The monoisotopic (exact) mass is 292 g/mol. The fourth-order valence-corrected chi connectivity index (χ4v) is 4.84. The molecule has 6 atom stereocenters. The lowest BCUT2D eigenvalue weighted by molar-refractivity contribution is -0.155. The van der Waals surface area contributed by atoms with Gasteiger partial charge in [-0.25, -0.2) is 4.79 Å². The number of carbonyl (C=O) groups is 2. The molecule has 0 spiro atoms. The van der Waals surface area contributed by atoms with E-state index in [4.69, 9.17) is 9.47 Å². The molecule has 4 nitrogen and oxygen atoms in total. The topological polar surface area (TPSA) is 52.6 Å². The Hall–Kier alpha value is -1.32. The Morgan fingerprint density at radius 2 is 1.71 bits per heavy atom. The summed E-state index contributed by atoms with van der Waals surface area (Å²) in [6, 6.07) is 0. The molecule has 0 radical (unpaired) electrons. The molecule has 3 aliphatic rings. The number of esters is 2. The molecule has 3 fully saturated rings. The van der Waals surface area contributed by atoms with E-state index in [0.717, 1.165) is 25.7 Å². The maximum Gasteiger partial charge on any atom is 0.333 e. The Morgan fingerprint density at radius 3 is 2.38 bits per heavy atom. The Morgan fingerprint density at radius 1 is 0.952 bits per heavy atom. The molecule has 21 heavy (non-hydrogen) atoms. The fourth-order valence-electron chi connectivity index (χ4n) is 4.84. The van der Waals surface area contributed by atoms with Crippen molar-refractivity contribution < 1.29 is 19.1 Å². The van der Waals surface area contributed by atoms with Crippen molar-refractivity contribution in [2.45, 2.75) is 58.2 Å². The molecule has 0 saturated heterocycles. The Balaban J connectivity index is 1.59.